The van der Waals surface area contributed by atoms with Crippen molar-refractivity contribution in [3.8, 4) is 0 Å². The summed E-state index contributed by atoms with van der Waals surface area (Å²) in [5.41, 5.74) is 1.30. The molecule has 1 amide bonds. The first kappa shape index (κ1) is 36.9. The van der Waals surface area contributed by atoms with Crippen molar-refractivity contribution >= 4 is 17.8 Å². The summed E-state index contributed by atoms with van der Waals surface area (Å²) >= 11 is 0. The molecule has 1 aliphatic heterocycles. The minimum atomic E-state index is -0.878. The Bertz CT molecular complexity index is 1350. The number of nitrogens with zero attached hydrogens (tertiary/aromatic N) is 1. The van der Waals surface area contributed by atoms with Crippen LogP contribution in [0.4, 0.5) is 0 Å². The maximum atomic E-state index is 13.9. The Hall–Kier alpha value is -1.85. The van der Waals surface area contributed by atoms with E-state index in [4.69, 9.17) is 4.74 Å². The fourth-order valence-electron chi connectivity index (χ4n) is 14.4. The van der Waals surface area contributed by atoms with Crippen LogP contribution in [0.25, 0.3) is 0 Å². The number of rotatable bonds is 8. The van der Waals surface area contributed by atoms with Gasteiger partial charge in [0.1, 0.15) is 6.10 Å². The van der Waals surface area contributed by atoms with Crippen molar-refractivity contribution in [1.29, 1.82) is 0 Å². The van der Waals surface area contributed by atoms with E-state index in [0.717, 1.165) is 45.2 Å². The van der Waals surface area contributed by atoms with E-state index in [0.29, 0.717) is 41.4 Å². The lowest BCUT2D eigenvalue weighted by Gasteiger charge is -2.73. The number of hydrogen-bond donors (Lipinski definition) is 1. The number of aliphatic carboxylic acids is 1. The van der Waals surface area contributed by atoms with Crippen LogP contribution in [0, 0.1) is 68.0 Å². The van der Waals surface area contributed by atoms with Gasteiger partial charge in [-0.15, -0.1) is 0 Å². The molecule has 1 N–H and O–H groups in total. The van der Waals surface area contributed by atoms with Crippen molar-refractivity contribution in [3.63, 3.8) is 0 Å². The number of carbonyl (C=O) groups excluding carboxylic acids is 2. The van der Waals surface area contributed by atoms with Crippen molar-refractivity contribution in [3.05, 3.63) is 12.2 Å². The predicted octanol–water partition coefficient (Wildman–Crippen LogP) is 9.71. The first-order valence-corrected chi connectivity index (χ1v) is 20.0. The van der Waals surface area contributed by atoms with Gasteiger partial charge in [0.2, 0.25) is 5.91 Å². The molecule has 6 heteroatoms. The molecule has 6 rings (SSSR count). The minimum Gasteiger partial charge on any atom is -0.481 e. The van der Waals surface area contributed by atoms with Gasteiger partial charge in [-0.1, -0.05) is 67.5 Å². The Kier molecular flexibility index (Phi) is 9.33. The van der Waals surface area contributed by atoms with Crippen LogP contribution in [0.3, 0.4) is 0 Å². The number of amides is 1. The van der Waals surface area contributed by atoms with Crippen LogP contribution in [0.2, 0.25) is 0 Å². The highest BCUT2D eigenvalue weighted by molar-refractivity contribution is 5.77. The summed E-state index contributed by atoms with van der Waals surface area (Å²) in [6, 6.07) is 0. The summed E-state index contributed by atoms with van der Waals surface area (Å²) in [5, 5.41) is 9.34. The average Bonchev–Trinajstić information content (AvgIpc) is 3.58. The third-order valence-corrected chi connectivity index (χ3v) is 17.0. The van der Waals surface area contributed by atoms with Crippen LogP contribution >= 0.6 is 0 Å². The molecule has 0 radical (unpaired) electrons. The molecule has 276 valence electrons. The van der Waals surface area contributed by atoms with Crippen molar-refractivity contribution in [2.75, 3.05) is 13.1 Å². The lowest BCUT2D eigenvalue weighted by molar-refractivity contribution is -0.250. The van der Waals surface area contributed by atoms with Gasteiger partial charge < -0.3 is 14.7 Å². The monoisotopic (exact) mass is 680 g/mol. The maximum Gasteiger partial charge on any atom is 0.306 e. The number of allylic oxidation sites excluding steroid dienone is 1. The number of ether oxygens (including phenoxy) is 1. The molecule has 0 aromatic carbocycles. The van der Waals surface area contributed by atoms with E-state index in [1.807, 2.05) is 13.8 Å². The van der Waals surface area contributed by atoms with Gasteiger partial charge in [0.05, 0.1) is 12.8 Å². The van der Waals surface area contributed by atoms with E-state index in [1.165, 1.54) is 50.5 Å². The first-order valence-electron chi connectivity index (χ1n) is 20.0. The number of esters is 1. The van der Waals surface area contributed by atoms with Crippen LogP contribution in [-0.2, 0) is 19.1 Å². The molecule has 5 saturated carbocycles. The van der Waals surface area contributed by atoms with Gasteiger partial charge in [-0.3, -0.25) is 14.4 Å². The summed E-state index contributed by atoms with van der Waals surface area (Å²) in [7, 11) is 0. The fourth-order valence-corrected chi connectivity index (χ4v) is 14.4. The predicted molar refractivity (Wildman–Crippen MR) is 194 cm³/mol. The molecule has 0 spiro atoms. The van der Waals surface area contributed by atoms with E-state index in [1.54, 1.807) is 0 Å². The third kappa shape index (κ3) is 5.93. The molecule has 11 atom stereocenters. The molecule has 0 aromatic heterocycles. The van der Waals surface area contributed by atoms with Crippen LogP contribution in [0.1, 0.15) is 152 Å². The maximum absolute atomic E-state index is 13.9. The summed E-state index contributed by atoms with van der Waals surface area (Å²) < 4.78 is 6.28. The number of carboxylic acids is 1. The molecule has 1 heterocycles. The van der Waals surface area contributed by atoms with E-state index in [2.05, 4.69) is 59.9 Å². The molecule has 0 bridgehead atoms. The molecular formula is C43H69NO5. The van der Waals surface area contributed by atoms with E-state index < -0.39 is 11.4 Å². The molecule has 6 fully saturated rings. The number of fused-ring (bicyclic) bond motifs is 7. The van der Waals surface area contributed by atoms with Crippen molar-refractivity contribution in [1.82, 2.24) is 4.90 Å². The minimum absolute atomic E-state index is 0.0417. The van der Waals surface area contributed by atoms with Crippen LogP contribution < -0.4 is 0 Å². The highest BCUT2D eigenvalue weighted by Gasteiger charge is 2.71. The van der Waals surface area contributed by atoms with Gasteiger partial charge in [0, 0.05) is 24.9 Å². The van der Waals surface area contributed by atoms with Crippen LogP contribution in [0.5, 0.6) is 0 Å². The highest BCUT2D eigenvalue weighted by atomic mass is 16.5. The van der Waals surface area contributed by atoms with E-state index in [9.17, 15) is 19.5 Å². The molecular weight excluding hydrogens is 610 g/mol. The zero-order valence-electron chi connectivity index (χ0n) is 32.6. The average molecular weight is 680 g/mol. The van der Waals surface area contributed by atoms with Gasteiger partial charge in [-0.25, -0.2) is 0 Å². The number of carboxylic acid groups (broad SMARTS) is 1. The molecule has 49 heavy (non-hydrogen) atoms. The molecule has 6 aliphatic rings. The number of likely N-dealkylation sites (tertiary alicyclic amines) is 1. The van der Waals surface area contributed by atoms with Gasteiger partial charge >= 0.3 is 11.9 Å². The van der Waals surface area contributed by atoms with Gasteiger partial charge in [0.25, 0.3) is 0 Å². The second kappa shape index (κ2) is 12.4. The molecule has 0 aromatic rings. The Morgan fingerprint density at radius 3 is 2.20 bits per heavy atom. The molecule has 0 unspecified atom stereocenters. The van der Waals surface area contributed by atoms with Gasteiger partial charge in [-0.05, 0) is 140 Å². The van der Waals surface area contributed by atoms with Crippen molar-refractivity contribution < 1.29 is 24.2 Å². The Balaban J connectivity index is 1.23. The molecule has 6 nitrogen and oxygen atoms in total. The normalized spacial score (nSPS) is 44.3. The quantitative estimate of drug-likeness (QED) is 0.204. The van der Waals surface area contributed by atoms with E-state index in [-0.39, 0.29) is 52.0 Å². The lowest BCUT2D eigenvalue weighted by atomic mass is 9.32. The zero-order valence-corrected chi connectivity index (χ0v) is 32.6. The number of hydrogen-bond acceptors (Lipinski definition) is 4. The fraction of sp³-hybridized carbons (Fsp3) is 0.884. The number of carbonyl (C=O) groups is 3. The Labute approximate surface area is 297 Å². The Morgan fingerprint density at radius 2 is 1.57 bits per heavy atom. The highest BCUT2D eigenvalue weighted by Crippen LogP contribution is 2.78. The van der Waals surface area contributed by atoms with Crippen molar-refractivity contribution in [2.24, 2.45) is 68.0 Å². The van der Waals surface area contributed by atoms with Crippen LogP contribution in [-0.4, -0.2) is 47.0 Å². The standard InChI is InChI=1S/C43H69NO5/c1-27(2)29-13-19-43(23-34(45)44-22-16-28(3)26-44)21-20-41(9)30(37(29)43)11-12-32-40(8)17-15-33(39(6,7)31(40)14-18-42(32,41)10)49-36(48)25-38(4,5)24-35(46)47/h28-33,37H,1,11-26H2,2-10H3,(H,46,47)/t28-,29-,30+,31-,32+,33-,37+,40-,41+,42+,43+/m0/s1. The van der Waals surface area contributed by atoms with Crippen LogP contribution in [0.15, 0.2) is 12.2 Å². The molecule has 1 saturated heterocycles. The van der Waals surface area contributed by atoms with Gasteiger partial charge in [-0.2, -0.15) is 0 Å². The van der Waals surface area contributed by atoms with Gasteiger partial charge in [0.15, 0.2) is 0 Å². The summed E-state index contributed by atoms with van der Waals surface area (Å²) in [5.74, 6) is 2.68. The van der Waals surface area contributed by atoms with E-state index >= 15 is 0 Å². The summed E-state index contributed by atoms with van der Waals surface area (Å²) in [6.07, 6.45) is 13.4. The largest absolute Gasteiger partial charge is 0.481 e. The summed E-state index contributed by atoms with van der Waals surface area (Å²) in [4.78, 5) is 40.7. The van der Waals surface area contributed by atoms with Crippen molar-refractivity contribution in [2.45, 2.75) is 158 Å². The zero-order chi connectivity index (χ0) is 35.9. The second-order valence-electron chi connectivity index (χ2n) is 20.7. The third-order valence-electron chi connectivity index (χ3n) is 17.0. The Morgan fingerprint density at radius 1 is 0.857 bits per heavy atom. The summed E-state index contributed by atoms with van der Waals surface area (Å²) in [6.45, 7) is 27.3. The lowest BCUT2D eigenvalue weighted by Crippen LogP contribution is -2.67. The topological polar surface area (TPSA) is 83.9 Å². The smallest absolute Gasteiger partial charge is 0.306 e. The first-order chi connectivity index (χ1) is 22.7. The SMILES string of the molecule is C=C(C)[C@@H]1CC[C@]2(CC(=O)N3CC[C@H](C)C3)CC[C@]3(C)[C@H](CC[C@@H]4[C@@]5(C)CC[C@H](OC(=O)CC(C)(C)CC(=O)O)C(C)(C)[C@@H]5CC[C@]43C)[C@@H]12. The molecule has 5 aliphatic carbocycles. The second-order valence-corrected chi connectivity index (χ2v) is 20.7.